The lowest BCUT2D eigenvalue weighted by Crippen LogP contribution is -2.45. The fourth-order valence-corrected chi connectivity index (χ4v) is 2.32. The van der Waals surface area contributed by atoms with Gasteiger partial charge in [-0.1, -0.05) is 0 Å². The van der Waals surface area contributed by atoms with Crippen LogP contribution in [0.5, 0.6) is 0 Å². The van der Waals surface area contributed by atoms with Gasteiger partial charge in [0.1, 0.15) is 0 Å². The fourth-order valence-electron chi connectivity index (χ4n) is 2.32. The van der Waals surface area contributed by atoms with Gasteiger partial charge in [-0.05, 0) is 27.2 Å². The van der Waals surface area contributed by atoms with Crippen molar-refractivity contribution < 1.29 is 24.5 Å². The summed E-state index contributed by atoms with van der Waals surface area (Å²) in [5, 5.41) is 17.9. The fraction of sp³-hybridized carbons (Fsp3) is 0.692. The first-order valence-electron chi connectivity index (χ1n) is 6.35. The minimum absolute atomic E-state index is 0. The Kier molecular flexibility index (Phi) is 7.78. The van der Waals surface area contributed by atoms with Gasteiger partial charge in [0.15, 0.2) is 0 Å². The Morgan fingerprint density at radius 1 is 1.15 bits per heavy atom. The molecule has 7 heteroatoms. The van der Waals surface area contributed by atoms with E-state index in [9.17, 15) is 9.59 Å². The number of hydrogen-bond donors (Lipinski definition) is 2. The van der Waals surface area contributed by atoms with Crippen LogP contribution in [-0.4, -0.2) is 58.9 Å². The number of carboxylic acids is 2. The van der Waals surface area contributed by atoms with Gasteiger partial charge in [0.25, 0.3) is 0 Å². The standard InChI is InChI=1S/C13H21NO5.ClH/c1-8-6-14(7-9(2)19-8)5-4-11(13(17)18)10(3)12(15)16;/h8-9H,4-7H2,1-3H3,(H,15,16)(H,17,18);1H/b11-10+;. The van der Waals surface area contributed by atoms with Crippen LogP contribution in [0.3, 0.4) is 0 Å². The number of hydrogen-bond acceptors (Lipinski definition) is 4. The minimum atomic E-state index is -1.18. The van der Waals surface area contributed by atoms with E-state index >= 15 is 0 Å². The number of carbonyl (C=O) groups is 2. The van der Waals surface area contributed by atoms with Crippen molar-refractivity contribution in [2.75, 3.05) is 19.6 Å². The van der Waals surface area contributed by atoms with Crippen molar-refractivity contribution in [2.45, 2.75) is 39.4 Å². The molecule has 6 nitrogen and oxygen atoms in total. The van der Waals surface area contributed by atoms with E-state index in [1.54, 1.807) is 0 Å². The second-order valence-electron chi connectivity index (χ2n) is 4.98. The van der Waals surface area contributed by atoms with E-state index in [0.717, 1.165) is 13.1 Å². The highest BCUT2D eigenvalue weighted by molar-refractivity contribution is 5.98. The molecule has 116 valence electrons. The number of rotatable bonds is 5. The lowest BCUT2D eigenvalue weighted by Gasteiger charge is -2.35. The van der Waals surface area contributed by atoms with Crippen LogP contribution in [0.25, 0.3) is 0 Å². The molecule has 1 heterocycles. The molecule has 1 aliphatic rings. The molecule has 2 unspecified atom stereocenters. The third-order valence-electron chi connectivity index (χ3n) is 3.20. The average Bonchev–Trinajstić information content (AvgIpc) is 2.26. The van der Waals surface area contributed by atoms with Gasteiger partial charge in [0.05, 0.1) is 12.2 Å². The quantitative estimate of drug-likeness (QED) is 0.746. The molecule has 2 N–H and O–H groups in total. The zero-order chi connectivity index (χ0) is 14.6. The Labute approximate surface area is 124 Å². The Morgan fingerprint density at radius 3 is 2.05 bits per heavy atom. The van der Waals surface area contributed by atoms with Crippen LogP contribution in [0.2, 0.25) is 0 Å². The van der Waals surface area contributed by atoms with Gasteiger partial charge in [-0.15, -0.1) is 12.4 Å². The molecule has 1 rings (SSSR count). The molecule has 2 atom stereocenters. The smallest absolute Gasteiger partial charge is 0.332 e. The molecule has 1 fully saturated rings. The summed E-state index contributed by atoms with van der Waals surface area (Å²) in [4.78, 5) is 24.0. The first kappa shape index (κ1) is 18.9. The van der Waals surface area contributed by atoms with Crippen molar-refractivity contribution in [3.8, 4) is 0 Å². The molecule has 20 heavy (non-hydrogen) atoms. The van der Waals surface area contributed by atoms with Gasteiger partial charge >= 0.3 is 11.9 Å². The first-order chi connectivity index (χ1) is 8.81. The average molecular weight is 308 g/mol. The molecule has 0 radical (unpaired) electrons. The van der Waals surface area contributed by atoms with E-state index in [-0.39, 0.29) is 42.2 Å². The summed E-state index contributed by atoms with van der Waals surface area (Å²) in [5.41, 5.74) is -0.124. The first-order valence-corrected chi connectivity index (χ1v) is 6.35. The molecule has 0 bridgehead atoms. The van der Waals surface area contributed by atoms with Gasteiger partial charge in [-0.2, -0.15) is 0 Å². The van der Waals surface area contributed by atoms with Crippen LogP contribution >= 0.6 is 12.4 Å². The molecule has 0 saturated carbocycles. The molecule has 1 saturated heterocycles. The van der Waals surface area contributed by atoms with Crippen molar-refractivity contribution in [1.82, 2.24) is 4.90 Å². The van der Waals surface area contributed by atoms with Crippen LogP contribution in [0, 0.1) is 0 Å². The highest BCUT2D eigenvalue weighted by Crippen LogP contribution is 2.15. The number of ether oxygens (including phenoxy) is 1. The highest BCUT2D eigenvalue weighted by Gasteiger charge is 2.23. The van der Waals surface area contributed by atoms with E-state index in [1.165, 1.54) is 6.92 Å². The summed E-state index contributed by atoms with van der Waals surface area (Å²) in [6.07, 6.45) is 0.454. The van der Waals surface area contributed by atoms with Crippen molar-refractivity contribution in [2.24, 2.45) is 0 Å². The van der Waals surface area contributed by atoms with Crippen molar-refractivity contribution in [1.29, 1.82) is 0 Å². The van der Waals surface area contributed by atoms with Gasteiger partial charge < -0.3 is 14.9 Å². The Morgan fingerprint density at radius 2 is 1.65 bits per heavy atom. The Hall–Kier alpha value is -1.11. The van der Waals surface area contributed by atoms with Crippen LogP contribution in [0.4, 0.5) is 0 Å². The maximum Gasteiger partial charge on any atom is 0.332 e. The second kappa shape index (κ2) is 8.24. The molecule has 0 spiro atoms. The highest BCUT2D eigenvalue weighted by atomic mass is 35.5. The van der Waals surface area contributed by atoms with E-state index < -0.39 is 11.9 Å². The SMILES string of the molecule is C/C(C(=O)O)=C(/CCN1CC(C)OC(C)C1)C(=O)O.Cl. The van der Waals surface area contributed by atoms with E-state index in [1.807, 2.05) is 13.8 Å². The zero-order valence-corrected chi connectivity index (χ0v) is 12.8. The summed E-state index contributed by atoms with van der Waals surface area (Å²) in [5.74, 6) is -2.34. The zero-order valence-electron chi connectivity index (χ0n) is 12.0. The summed E-state index contributed by atoms with van der Waals surface area (Å²) in [6, 6.07) is 0. The number of morpholine rings is 1. The van der Waals surface area contributed by atoms with Crippen molar-refractivity contribution >= 4 is 24.3 Å². The van der Waals surface area contributed by atoms with Crippen LogP contribution in [-0.2, 0) is 14.3 Å². The van der Waals surface area contributed by atoms with Crippen molar-refractivity contribution in [3.05, 3.63) is 11.1 Å². The predicted octanol–water partition coefficient (Wildman–Crippen LogP) is 1.39. The third-order valence-corrected chi connectivity index (χ3v) is 3.20. The summed E-state index contributed by atoms with van der Waals surface area (Å²) < 4.78 is 5.59. The Balaban J connectivity index is 0.00000361. The van der Waals surface area contributed by atoms with Gasteiger partial charge in [0.2, 0.25) is 0 Å². The van der Waals surface area contributed by atoms with E-state index in [4.69, 9.17) is 14.9 Å². The maximum atomic E-state index is 11.1. The van der Waals surface area contributed by atoms with Crippen LogP contribution in [0.15, 0.2) is 11.1 Å². The third kappa shape index (κ3) is 5.48. The van der Waals surface area contributed by atoms with Gasteiger partial charge in [-0.3, -0.25) is 4.90 Å². The molecule has 0 aromatic heterocycles. The molecule has 1 aliphatic heterocycles. The number of carboxylic acid groups (broad SMARTS) is 2. The lowest BCUT2D eigenvalue weighted by atomic mass is 10.1. The van der Waals surface area contributed by atoms with Crippen molar-refractivity contribution in [3.63, 3.8) is 0 Å². The number of nitrogens with zero attached hydrogens (tertiary/aromatic N) is 1. The summed E-state index contributed by atoms with van der Waals surface area (Å²) in [6.45, 7) is 7.28. The molecule has 0 aromatic carbocycles. The summed E-state index contributed by atoms with van der Waals surface area (Å²) in [7, 11) is 0. The normalized spacial score (nSPS) is 24.6. The van der Waals surface area contributed by atoms with Gasteiger partial charge in [0, 0.05) is 30.8 Å². The lowest BCUT2D eigenvalue weighted by molar-refractivity contribution is -0.136. The number of aliphatic carboxylic acids is 2. The number of halogens is 1. The summed E-state index contributed by atoms with van der Waals surface area (Å²) >= 11 is 0. The monoisotopic (exact) mass is 307 g/mol. The van der Waals surface area contributed by atoms with Gasteiger partial charge in [-0.25, -0.2) is 9.59 Å². The molecule has 0 aromatic rings. The van der Waals surface area contributed by atoms with E-state index in [2.05, 4.69) is 4.90 Å². The minimum Gasteiger partial charge on any atom is -0.478 e. The molecular formula is C13H22ClNO5. The molecule has 0 amide bonds. The topological polar surface area (TPSA) is 87.1 Å². The molecule has 0 aliphatic carbocycles. The Bertz CT molecular complexity index is 386. The van der Waals surface area contributed by atoms with E-state index in [0.29, 0.717) is 6.54 Å². The maximum absolute atomic E-state index is 11.1. The van der Waals surface area contributed by atoms with Crippen LogP contribution in [0.1, 0.15) is 27.2 Å². The predicted molar refractivity (Wildman–Crippen MR) is 76.3 cm³/mol. The molecular weight excluding hydrogens is 286 g/mol. The largest absolute Gasteiger partial charge is 0.478 e. The van der Waals surface area contributed by atoms with Crippen LogP contribution < -0.4 is 0 Å². The second-order valence-corrected chi connectivity index (χ2v) is 4.98.